The van der Waals surface area contributed by atoms with E-state index in [0.717, 1.165) is 22.4 Å². The molecule has 0 radical (unpaired) electrons. The fraction of sp³-hybridized carbons (Fsp3) is 0.190. The van der Waals surface area contributed by atoms with Crippen LogP contribution in [0, 0.1) is 18.3 Å². The molecule has 124 valence electrons. The van der Waals surface area contributed by atoms with Gasteiger partial charge < -0.3 is 4.98 Å². The number of aryl methyl sites for hydroxylation is 2. The highest BCUT2D eigenvalue weighted by Crippen LogP contribution is 2.25. The molecule has 0 spiro atoms. The Balaban J connectivity index is 2.01. The number of hydrogen-bond acceptors (Lipinski definition) is 3. The Morgan fingerprint density at radius 3 is 2.60 bits per heavy atom. The van der Waals surface area contributed by atoms with Gasteiger partial charge in [-0.2, -0.15) is 5.26 Å². The minimum absolute atomic E-state index is 0.102. The molecular formula is C21H19N3O. The summed E-state index contributed by atoms with van der Waals surface area (Å²) in [6.45, 7) is 3.77. The summed E-state index contributed by atoms with van der Waals surface area (Å²) in [4.78, 5) is 19.5. The molecule has 0 bridgehead atoms. The predicted molar refractivity (Wildman–Crippen MR) is 98.4 cm³/mol. The highest BCUT2D eigenvalue weighted by molar-refractivity contribution is 5.71. The van der Waals surface area contributed by atoms with Gasteiger partial charge in [-0.15, -0.1) is 0 Å². The Kier molecular flexibility index (Phi) is 4.76. The highest BCUT2D eigenvalue weighted by Gasteiger charge is 2.12. The number of nitriles is 1. The SMILES string of the molecule is CCc1nc(C)[nH]c(=O)c1Cc1ccc(-c2ccccc2)c(C#N)c1. The fourth-order valence-corrected chi connectivity index (χ4v) is 3.01. The summed E-state index contributed by atoms with van der Waals surface area (Å²) in [7, 11) is 0. The monoisotopic (exact) mass is 329 g/mol. The van der Waals surface area contributed by atoms with Crippen LogP contribution in [-0.4, -0.2) is 9.97 Å². The number of H-pyrrole nitrogens is 1. The van der Waals surface area contributed by atoms with Crippen molar-refractivity contribution < 1.29 is 0 Å². The van der Waals surface area contributed by atoms with Crippen LogP contribution in [0.25, 0.3) is 11.1 Å². The fourth-order valence-electron chi connectivity index (χ4n) is 3.01. The van der Waals surface area contributed by atoms with E-state index < -0.39 is 0 Å². The average Bonchev–Trinajstić information content (AvgIpc) is 2.64. The first-order chi connectivity index (χ1) is 12.1. The van der Waals surface area contributed by atoms with E-state index in [9.17, 15) is 10.1 Å². The second kappa shape index (κ2) is 7.14. The van der Waals surface area contributed by atoms with Gasteiger partial charge in [0.15, 0.2) is 0 Å². The Bertz CT molecular complexity index is 998. The maximum Gasteiger partial charge on any atom is 0.254 e. The van der Waals surface area contributed by atoms with Crippen molar-refractivity contribution in [2.45, 2.75) is 26.7 Å². The Morgan fingerprint density at radius 1 is 1.16 bits per heavy atom. The summed E-state index contributed by atoms with van der Waals surface area (Å²) in [6, 6.07) is 17.9. The lowest BCUT2D eigenvalue weighted by Gasteiger charge is -2.10. The van der Waals surface area contributed by atoms with E-state index in [-0.39, 0.29) is 5.56 Å². The van der Waals surface area contributed by atoms with Crippen LogP contribution in [-0.2, 0) is 12.8 Å². The molecular weight excluding hydrogens is 310 g/mol. The zero-order valence-electron chi connectivity index (χ0n) is 14.3. The number of aromatic nitrogens is 2. The van der Waals surface area contributed by atoms with Gasteiger partial charge in [-0.1, -0.05) is 49.4 Å². The van der Waals surface area contributed by atoms with Gasteiger partial charge in [0, 0.05) is 12.0 Å². The van der Waals surface area contributed by atoms with Crippen LogP contribution in [0.1, 0.15) is 35.1 Å². The van der Waals surface area contributed by atoms with Crippen LogP contribution in [0.15, 0.2) is 53.3 Å². The molecule has 2 aromatic carbocycles. The van der Waals surface area contributed by atoms with Crippen molar-refractivity contribution >= 4 is 0 Å². The molecule has 3 rings (SSSR count). The predicted octanol–water partition coefficient (Wildman–Crippen LogP) is 3.77. The van der Waals surface area contributed by atoms with E-state index in [1.807, 2.05) is 55.5 Å². The molecule has 1 N–H and O–H groups in total. The molecule has 0 saturated heterocycles. The molecule has 0 atom stereocenters. The summed E-state index contributed by atoms with van der Waals surface area (Å²) in [5, 5.41) is 9.53. The number of benzene rings is 2. The molecule has 0 saturated carbocycles. The van der Waals surface area contributed by atoms with Gasteiger partial charge in [0.1, 0.15) is 5.82 Å². The van der Waals surface area contributed by atoms with Gasteiger partial charge in [0.2, 0.25) is 0 Å². The minimum atomic E-state index is -0.102. The van der Waals surface area contributed by atoms with Gasteiger partial charge in [-0.25, -0.2) is 4.98 Å². The zero-order valence-corrected chi connectivity index (χ0v) is 14.3. The summed E-state index contributed by atoms with van der Waals surface area (Å²) >= 11 is 0. The number of hydrogen-bond donors (Lipinski definition) is 1. The van der Waals surface area contributed by atoms with Crippen molar-refractivity contribution in [3.8, 4) is 17.2 Å². The summed E-state index contributed by atoms with van der Waals surface area (Å²) in [5.41, 5.74) is 4.83. The normalized spacial score (nSPS) is 10.4. The van der Waals surface area contributed by atoms with Crippen molar-refractivity contribution in [1.82, 2.24) is 9.97 Å². The summed E-state index contributed by atoms with van der Waals surface area (Å²) < 4.78 is 0. The van der Waals surface area contributed by atoms with Crippen molar-refractivity contribution in [2.75, 3.05) is 0 Å². The quantitative estimate of drug-likeness (QED) is 0.792. The average molecular weight is 329 g/mol. The minimum Gasteiger partial charge on any atom is -0.311 e. The van der Waals surface area contributed by atoms with Gasteiger partial charge >= 0.3 is 0 Å². The molecule has 1 heterocycles. The maximum absolute atomic E-state index is 12.3. The number of nitrogens with one attached hydrogen (secondary N) is 1. The Labute approximate surface area is 146 Å². The third kappa shape index (κ3) is 3.51. The van der Waals surface area contributed by atoms with E-state index in [0.29, 0.717) is 29.8 Å². The molecule has 1 aromatic heterocycles. The molecule has 0 aliphatic rings. The summed E-state index contributed by atoms with van der Waals surface area (Å²) in [5.74, 6) is 0.628. The Morgan fingerprint density at radius 2 is 1.92 bits per heavy atom. The number of nitrogens with zero attached hydrogens (tertiary/aromatic N) is 2. The second-order valence-electron chi connectivity index (χ2n) is 5.96. The van der Waals surface area contributed by atoms with Crippen molar-refractivity contribution in [3.63, 3.8) is 0 Å². The van der Waals surface area contributed by atoms with E-state index in [1.54, 1.807) is 6.92 Å². The molecule has 0 amide bonds. The topological polar surface area (TPSA) is 69.5 Å². The second-order valence-corrected chi connectivity index (χ2v) is 5.96. The lowest BCUT2D eigenvalue weighted by Crippen LogP contribution is -2.19. The lowest BCUT2D eigenvalue weighted by molar-refractivity contribution is 0.882. The third-order valence-corrected chi connectivity index (χ3v) is 4.22. The first-order valence-electron chi connectivity index (χ1n) is 8.29. The van der Waals surface area contributed by atoms with Crippen LogP contribution in [0.2, 0.25) is 0 Å². The van der Waals surface area contributed by atoms with Gasteiger partial charge in [-0.05, 0) is 36.1 Å². The van der Waals surface area contributed by atoms with Gasteiger partial charge in [0.05, 0.1) is 17.3 Å². The highest BCUT2D eigenvalue weighted by atomic mass is 16.1. The van der Waals surface area contributed by atoms with Crippen LogP contribution in [0.3, 0.4) is 0 Å². The molecule has 0 unspecified atom stereocenters. The maximum atomic E-state index is 12.3. The molecule has 3 aromatic rings. The van der Waals surface area contributed by atoms with Crippen LogP contribution in [0.5, 0.6) is 0 Å². The lowest BCUT2D eigenvalue weighted by atomic mass is 9.95. The Hall–Kier alpha value is -3.19. The molecule has 0 aliphatic carbocycles. The third-order valence-electron chi connectivity index (χ3n) is 4.22. The van der Waals surface area contributed by atoms with E-state index in [2.05, 4.69) is 16.0 Å². The van der Waals surface area contributed by atoms with Gasteiger partial charge in [0.25, 0.3) is 5.56 Å². The van der Waals surface area contributed by atoms with Crippen molar-refractivity contribution in [2.24, 2.45) is 0 Å². The largest absolute Gasteiger partial charge is 0.311 e. The molecule has 4 nitrogen and oxygen atoms in total. The molecule has 0 fully saturated rings. The van der Waals surface area contributed by atoms with Crippen LogP contribution < -0.4 is 5.56 Å². The first kappa shape index (κ1) is 16.7. The van der Waals surface area contributed by atoms with Gasteiger partial charge in [-0.3, -0.25) is 4.79 Å². The van der Waals surface area contributed by atoms with Crippen LogP contribution >= 0.6 is 0 Å². The molecule has 0 aliphatic heterocycles. The molecule has 25 heavy (non-hydrogen) atoms. The smallest absolute Gasteiger partial charge is 0.254 e. The zero-order chi connectivity index (χ0) is 17.8. The van der Waals surface area contributed by atoms with Crippen LogP contribution in [0.4, 0.5) is 0 Å². The van der Waals surface area contributed by atoms with Crippen molar-refractivity contribution in [3.05, 3.63) is 87.1 Å². The summed E-state index contributed by atoms with van der Waals surface area (Å²) in [6.07, 6.45) is 1.17. The van der Waals surface area contributed by atoms with E-state index in [1.165, 1.54) is 0 Å². The van der Waals surface area contributed by atoms with E-state index >= 15 is 0 Å². The molecule has 4 heteroatoms. The van der Waals surface area contributed by atoms with Crippen molar-refractivity contribution in [1.29, 1.82) is 5.26 Å². The standard InChI is InChI=1S/C21H19N3O/c1-3-20-19(21(25)24-14(2)23-20)12-15-9-10-18(17(11-15)13-22)16-7-5-4-6-8-16/h4-11H,3,12H2,1-2H3,(H,23,24,25). The first-order valence-corrected chi connectivity index (χ1v) is 8.29. The number of aromatic amines is 1. The van der Waals surface area contributed by atoms with E-state index in [4.69, 9.17) is 0 Å². The number of rotatable bonds is 4.